The molecule has 1 aliphatic carbocycles. The summed E-state index contributed by atoms with van der Waals surface area (Å²) in [6.45, 7) is 2.04. The third kappa shape index (κ3) is 4.32. The predicted molar refractivity (Wildman–Crippen MR) is 119 cm³/mol. The number of rotatable bonds is 5. The maximum Gasteiger partial charge on any atom is 0.245 e. The van der Waals surface area contributed by atoms with Crippen LogP contribution in [-0.4, -0.2) is 21.7 Å². The number of nitrogens with zero attached hydrogens (tertiary/aromatic N) is 2. The average Bonchev–Trinajstić information content (AvgIpc) is 2.90. The van der Waals surface area contributed by atoms with Gasteiger partial charge in [0.15, 0.2) is 0 Å². The molecule has 3 aromatic rings. The quantitative estimate of drug-likeness (QED) is 0.514. The van der Waals surface area contributed by atoms with Crippen molar-refractivity contribution in [3.8, 4) is 11.3 Å². The van der Waals surface area contributed by atoms with E-state index in [1.165, 1.54) is 25.7 Å². The van der Waals surface area contributed by atoms with Crippen LogP contribution in [0.15, 0.2) is 48.5 Å². The molecule has 1 atom stereocenters. The second kappa shape index (κ2) is 9.00. The molecule has 1 fully saturated rings. The lowest BCUT2D eigenvalue weighted by Crippen LogP contribution is -2.39. The lowest BCUT2D eigenvalue weighted by Gasteiger charge is -2.22. The highest BCUT2D eigenvalue weighted by atomic mass is 35.5. The standard InChI is InChI=1S/C24H28ClN3O/c1-2-21(24(29)26-19-12-8-3-4-9-13-19)28-22-15-14-18(25)16-20(22)23(27-28)17-10-6-5-7-11-17/h5-7,10-11,14-16,19,21H,2-4,8-9,12-13H2,1H3,(H,26,29). The van der Waals surface area contributed by atoms with E-state index in [1.807, 2.05) is 60.1 Å². The van der Waals surface area contributed by atoms with E-state index in [9.17, 15) is 4.79 Å². The number of hydrogen-bond donors (Lipinski definition) is 1. The van der Waals surface area contributed by atoms with Gasteiger partial charge in [-0.3, -0.25) is 9.48 Å². The van der Waals surface area contributed by atoms with Crippen LogP contribution in [0, 0.1) is 0 Å². The van der Waals surface area contributed by atoms with Gasteiger partial charge in [-0.1, -0.05) is 74.5 Å². The highest BCUT2D eigenvalue weighted by Crippen LogP contribution is 2.32. The fourth-order valence-corrected chi connectivity index (χ4v) is 4.52. The van der Waals surface area contributed by atoms with Crippen molar-refractivity contribution in [1.82, 2.24) is 15.1 Å². The molecule has 1 aliphatic rings. The van der Waals surface area contributed by atoms with Crippen LogP contribution in [0.2, 0.25) is 5.02 Å². The number of halogens is 1. The first kappa shape index (κ1) is 20.0. The van der Waals surface area contributed by atoms with Gasteiger partial charge in [-0.15, -0.1) is 0 Å². The monoisotopic (exact) mass is 409 g/mol. The van der Waals surface area contributed by atoms with Crippen molar-refractivity contribution in [2.75, 3.05) is 0 Å². The highest BCUT2D eigenvalue weighted by molar-refractivity contribution is 6.31. The molecular weight excluding hydrogens is 382 g/mol. The van der Waals surface area contributed by atoms with Gasteiger partial charge < -0.3 is 5.32 Å². The minimum absolute atomic E-state index is 0.0679. The largest absolute Gasteiger partial charge is 0.352 e. The Morgan fingerprint density at radius 3 is 2.55 bits per heavy atom. The Hall–Kier alpha value is -2.33. The zero-order valence-corrected chi connectivity index (χ0v) is 17.7. The first-order valence-corrected chi connectivity index (χ1v) is 11.1. The molecule has 4 nitrogen and oxygen atoms in total. The van der Waals surface area contributed by atoms with Crippen LogP contribution >= 0.6 is 11.6 Å². The van der Waals surface area contributed by atoms with E-state index in [0.29, 0.717) is 11.4 Å². The topological polar surface area (TPSA) is 46.9 Å². The van der Waals surface area contributed by atoms with Crippen LogP contribution in [0.5, 0.6) is 0 Å². The maximum atomic E-state index is 13.2. The van der Waals surface area contributed by atoms with Gasteiger partial charge >= 0.3 is 0 Å². The summed E-state index contributed by atoms with van der Waals surface area (Å²) in [5, 5.41) is 9.86. The summed E-state index contributed by atoms with van der Waals surface area (Å²) >= 11 is 6.29. The van der Waals surface area contributed by atoms with E-state index in [-0.39, 0.29) is 18.0 Å². The molecule has 0 radical (unpaired) electrons. The van der Waals surface area contributed by atoms with E-state index in [2.05, 4.69) is 5.32 Å². The summed E-state index contributed by atoms with van der Waals surface area (Å²) < 4.78 is 1.89. The number of carbonyl (C=O) groups is 1. The molecule has 0 saturated heterocycles. The van der Waals surface area contributed by atoms with Crippen LogP contribution < -0.4 is 5.32 Å². The van der Waals surface area contributed by atoms with E-state index >= 15 is 0 Å². The number of hydrogen-bond acceptors (Lipinski definition) is 2. The molecule has 29 heavy (non-hydrogen) atoms. The molecule has 0 aliphatic heterocycles. The van der Waals surface area contributed by atoms with Crippen molar-refractivity contribution >= 4 is 28.4 Å². The van der Waals surface area contributed by atoms with Crippen molar-refractivity contribution in [3.63, 3.8) is 0 Å². The first-order valence-electron chi connectivity index (χ1n) is 10.7. The van der Waals surface area contributed by atoms with Crippen LogP contribution in [0.4, 0.5) is 0 Å². The molecule has 1 unspecified atom stereocenters. The maximum absolute atomic E-state index is 13.2. The van der Waals surface area contributed by atoms with E-state index in [0.717, 1.165) is 35.0 Å². The summed E-state index contributed by atoms with van der Waals surface area (Å²) in [6.07, 6.45) is 7.78. The van der Waals surface area contributed by atoms with Gasteiger partial charge in [0.05, 0.1) is 5.52 Å². The molecule has 1 aromatic heterocycles. The SMILES string of the molecule is CCC(C(=O)NC1CCCCCC1)n1nc(-c2ccccc2)c2cc(Cl)ccc21. The van der Waals surface area contributed by atoms with Gasteiger partial charge in [-0.2, -0.15) is 5.10 Å². The van der Waals surface area contributed by atoms with Crippen molar-refractivity contribution < 1.29 is 4.79 Å². The number of amides is 1. The molecule has 1 N–H and O–H groups in total. The fraction of sp³-hybridized carbons (Fsp3) is 0.417. The summed E-state index contributed by atoms with van der Waals surface area (Å²) in [5.41, 5.74) is 2.83. The van der Waals surface area contributed by atoms with E-state index in [1.54, 1.807) is 0 Å². The van der Waals surface area contributed by atoms with Crippen LogP contribution in [0.3, 0.4) is 0 Å². The van der Waals surface area contributed by atoms with Gasteiger partial charge in [-0.25, -0.2) is 0 Å². The summed E-state index contributed by atoms with van der Waals surface area (Å²) in [4.78, 5) is 13.2. The van der Waals surface area contributed by atoms with Crippen LogP contribution in [-0.2, 0) is 4.79 Å². The molecule has 0 spiro atoms. The van der Waals surface area contributed by atoms with Crippen molar-refractivity contribution in [2.24, 2.45) is 0 Å². The van der Waals surface area contributed by atoms with Crippen molar-refractivity contribution in [1.29, 1.82) is 0 Å². The second-order valence-corrected chi connectivity index (χ2v) is 8.38. The first-order chi connectivity index (χ1) is 14.2. The molecule has 0 bridgehead atoms. The molecule has 1 amide bonds. The van der Waals surface area contributed by atoms with E-state index in [4.69, 9.17) is 16.7 Å². The predicted octanol–water partition coefficient (Wildman–Crippen LogP) is 6.15. The summed E-state index contributed by atoms with van der Waals surface area (Å²) in [7, 11) is 0. The zero-order chi connectivity index (χ0) is 20.2. The minimum atomic E-state index is -0.334. The molecule has 4 rings (SSSR count). The van der Waals surface area contributed by atoms with Gasteiger partial charge in [0.25, 0.3) is 0 Å². The molecule has 2 aromatic carbocycles. The Labute approximate surface area is 177 Å². The van der Waals surface area contributed by atoms with Crippen LogP contribution in [0.25, 0.3) is 22.2 Å². The van der Waals surface area contributed by atoms with Crippen molar-refractivity contribution in [3.05, 3.63) is 53.6 Å². The van der Waals surface area contributed by atoms with Gasteiger partial charge in [0.2, 0.25) is 5.91 Å². The Morgan fingerprint density at radius 2 is 1.86 bits per heavy atom. The molecule has 1 saturated carbocycles. The van der Waals surface area contributed by atoms with Crippen molar-refractivity contribution in [2.45, 2.75) is 64.0 Å². The molecular formula is C24H28ClN3O. The zero-order valence-electron chi connectivity index (χ0n) is 16.9. The molecule has 1 heterocycles. The number of nitrogens with one attached hydrogen (secondary N) is 1. The minimum Gasteiger partial charge on any atom is -0.352 e. The smallest absolute Gasteiger partial charge is 0.245 e. The fourth-order valence-electron chi connectivity index (χ4n) is 4.35. The van der Waals surface area contributed by atoms with Gasteiger partial charge in [-0.05, 0) is 37.5 Å². The average molecular weight is 410 g/mol. The third-order valence-corrected chi connectivity index (χ3v) is 6.14. The second-order valence-electron chi connectivity index (χ2n) is 7.94. The molecule has 5 heteroatoms. The number of fused-ring (bicyclic) bond motifs is 1. The third-order valence-electron chi connectivity index (χ3n) is 5.90. The summed E-state index contributed by atoms with van der Waals surface area (Å²) in [5.74, 6) is 0.0679. The number of aromatic nitrogens is 2. The Bertz CT molecular complexity index is 974. The highest BCUT2D eigenvalue weighted by Gasteiger charge is 2.26. The van der Waals surface area contributed by atoms with E-state index < -0.39 is 0 Å². The van der Waals surface area contributed by atoms with Gasteiger partial charge in [0, 0.05) is 22.0 Å². The number of benzene rings is 2. The lowest BCUT2D eigenvalue weighted by molar-refractivity contribution is -0.125. The molecule has 152 valence electrons. The van der Waals surface area contributed by atoms with Crippen LogP contribution in [0.1, 0.15) is 57.9 Å². The summed E-state index contributed by atoms with van der Waals surface area (Å²) in [6, 6.07) is 15.8. The Kier molecular flexibility index (Phi) is 6.19. The Morgan fingerprint density at radius 1 is 1.14 bits per heavy atom. The normalized spacial score (nSPS) is 16.5. The lowest BCUT2D eigenvalue weighted by atomic mass is 10.1. The Balaban J connectivity index is 1.70. The van der Waals surface area contributed by atoms with Gasteiger partial charge in [0.1, 0.15) is 11.7 Å². The number of carbonyl (C=O) groups excluding carboxylic acids is 1.